The molecule has 0 atom stereocenters. The molecular weight excluding hydrogens is 199 g/mol. The van der Waals surface area contributed by atoms with Crippen LogP contribution in [0.5, 0.6) is 0 Å². The molecule has 0 heterocycles. The van der Waals surface area contributed by atoms with Gasteiger partial charge in [0.25, 0.3) is 0 Å². The van der Waals surface area contributed by atoms with Crippen molar-refractivity contribution in [2.75, 3.05) is 7.05 Å². The molecule has 51 valence electrons. The fourth-order valence-corrected chi connectivity index (χ4v) is 0.699. The van der Waals surface area contributed by atoms with Crippen LogP contribution in [-0.2, 0) is 39.3 Å². The number of benzene rings is 1. The minimum absolute atomic E-state index is 0. The van der Waals surface area contributed by atoms with Crippen LogP contribution < -0.4 is 0 Å². The van der Waals surface area contributed by atoms with Crippen LogP contribution in [0.2, 0.25) is 0 Å². The molecule has 0 aliphatic rings. The minimum Gasteiger partial charge on any atom is -0.663 e. The Morgan fingerprint density at radius 2 is 2.30 bits per heavy atom. The van der Waals surface area contributed by atoms with E-state index in [9.17, 15) is 0 Å². The molecule has 0 saturated carbocycles. The predicted molar refractivity (Wildman–Crippen MR) is 38.3 cm³/mol. The fraction of sp³-hybridized carbons (Fsp3) is 0.250. The van der Waals surface area contributed by atoms with E-state index in [1.807, 2.05) is 24.3 Å². The number of hydrogen-bond donors (Lipinski definition) is 0. The van der Waals surface area contributed by atoms with E-state index in [1.165, 1.54) is 0 Å². The molecule has 0 N–H and O–H groups in total. The standard InChI is InChI=1S/C8H9N.Y/c1-9-7-8-5-3-2-4-6-8;/h2-5H,7H2,1H3;/q-2;. The average Bonchev–Trinajstić information content (AvgIpc) is 1.91. The zero-order chi connectivity index (χ0) is 6.53. The second-order valence-electron chi connectivity index (χ2n) is 1.86. The fourth-order valence-electron chi connectivity index (χ4n) is 0.699. The first-order valence-electron chi connectivity index (χ1n) is 2.94. The summed E-state index contributed by atoms with van der Waals surface area (Å²) in [6.07, 6.45) is 0. The minimum atomic E-state index is 0. The Bertz CT molecular complexity index is 162. The van der Waals surface area contributed by atoms with Crippen LogP contribution in [0.1, 0.15) is 5.56 Å². The van der Waals surface area contributed by atoms with Crippen molar-refractivity contribution in [3.8, 4) is 0 Å². The first kappa shape index (κ1) is 10.3. The molecule has 0 aliphatic heterocycles. The molecule has 0 fully saturated rings. The maximum Gasteiger partial charge on any atom is 0 e. The number of rotatable bonds is 2. The third-order valence-electron chi connectivity index (χ3n) is 1.10. The number of nitrogens with zero attached hydrogens (tertiary/aromatic N) is 1. The molecule has 0 aromatic heterocycles. The molecule has 10 heavy (non-hydrogen) atoms. The summed E-state index contributed by atoms with van der Waals surface area (Å²) < 4.78 is 0. The first-order valence-corrected chi connectivity index (χ1v) is 2.94. The average molecular weight is 208 g/mol. The van der Waals surface area contributed by atoms with Gasteiger partial charge in [0.2, 0.25) is 0 Å². The van der Waals surface area contributed by atoms with Crippen molar-refractivity contribution >= 4 is 0 Å². The molecule has 1 rings (SSSR count). The molecule has 0 bridgehead atoms. The molecule has 1 aromatic rings. The second kappa shape index (κ2) is 6.02. The predicted octanol–water partition coefficient (Wildman–Crippen LogP) is 1.99. The largest absolute Gasteiger partial charge is 0.663 e. The van der Waals surface area contributed by atoms with Gasteiger partial charge in [0.15, 0.2) is 0 Å². The van der Waals surface area contributed by atoms with E-state index >= 15 is 0 Å². The van der Waals surface area contributed by atoms with Gasteiger partial charge in [-0.3, -0.25) is 0 Å². The van der Waals surface area contributed by atoms with Gasteiger partial charge in [-0.2, -0.15) is 42.9 Å². The van der Waals surface area contributed by atoms with E-state index in [1.54, 1.807) is 7.05 Å². The molecule has 0 amide bonds. The van der Waals surface area contributed by atoms with E-state index < -0.39 is 0 Å². The third kappa shape index (κ3) is 3.45. The summed E-state index contributed by atoms with van der Waals surface area (Å²) in [7, 11) is 1.81. The Morgan fingerprint density at radius 1 is 1.50 bits per heavy atom. The van der Waals surface area contributed by atoms with Gasteiger partial charge in [-0.25, -0.2) is 0 Å². The Hall–Kier alpha value is 0.284. The Labute approximate surface area is 87.1 Å². The smallest absolute Gasteiger partial charge is 0 e. The second-order valence-corrected chi connectivity index (χ2v) is 1.86. The zero-order valence-electron chi connectivity index (χ0n) is 6.04. The summed E-state index contributed by atoms with van der Waals surface area (Å²) in [5, 5.41) is 3.97. The van der Waals surface area contributed by atoms with Gasteiger partial charge in [0.1, 0.15) is 0 Å². The summed E-state index contributed by atoms with van der Waals surface area (Å²) >= 11 is 0. The molecule has 0 aliphatic carbocycles. The van der Waals surface area contributed by atoms with Gasteiger partial charge >= 0.3 is 0 Å². The van der Waals surface area contributed by atoms with Crippen LogP contribution >= 0.6 is 0 Å². The van der Waals surface area contributed by atoms with Crippen molar-refractivity contribution in [2.24, 2.45) is 0 Å². The van der Waals surface area contributed by atoms with Crippen molar-refractivity contribution in [3.05, 3.63) is 41.2 Å². The summed E-state index contributed by atoms with van der Waals surface area (Å²) in [6.45, 7) is 0.779. The van der Waals surface area contributed by atoms with Gasteiger partial charge in [-0.05, 0) is 0 Å². The van der Waals surface area contributed by atoms with Crippen LogP contribution in [0, 0.1) is 6.07 Å². The van der Waals surface area contributed by atoms with Crippen LogP contribution in [-0.4, -0.2) is 7.05 Å². The molecule has 0 saturated heterocycles. The summed E-state index contributed by atoms with van der Waals surface area (Å²) in [4.78, 5) is 0. The third-order valence-corrected chi connectivity index (χ3v) is 1.10. The van der Waals surface area contributed by atoms with Crippen molar-refractivity contribution < 1.29 is 32.7 Å². The summed E-state index contributed by atoms with van der Waals surface area (Å²) in [5.74, 6) is 0. The van der Waals surface area contributed by atoms with E-state index in [-0.39, 0.29) is 32.7 Å². The van der Waals surface area contributed by atoms with E-state index in [0.29, 0.717) is 0 Å². The molecule has 1 aromatic carbocycles. The molecule has 0 unspecified atom stereocenters. The molecule has 0 spiro atoms. The topological polar surface area (TPSA) is 14.1 Å². The Kier molecular flexibility index (Phi) is 6.20. The molecular formula is C8H9NY-2. The van der Waals surface area contributed by atoms with Crippen LogP contribution in [0.3, 0.4) is 0 Å². The van der Waals surface area contributed by atoms with Gasteiger partial charge in [-0.1, -0.05) is 0 Å². The molecule has 2 heteroatoms. The summed E-state index contributed by atoms with van der Waals surface area (Å²) in [5.41, 5.74) is 1.15. The monoisotopic (exact) mass is 208 g/mol. The van der Waals surface area contributed by atoms with Crippen LogP contribution in [0.25, 0.3) is 5.32 Å². The van der Waals surface area contributed by atoms with Crippen molar-refractivity contribution in [2.45, 2.75) is 6.54 Å². The van der Waals surface area contributed by atoms with E-state index in [0.717, 1.165) is 12.1 Å². The van der Waals surface area contributed by atoms with Gasteiger partial charge in [-0.15, -0.1) is 6.54 Å². The van der Waals surface area contributed by atoms with E-state index in [2.05, 4.69) is 11.4 Å². The van der Waals surface area contributed by atoms with Gasteiger partial charge in [0, 0.05) is 32.7 Å². The molecule has 1 nitrogen and oxygen atoms in total. The van der Waals surface area contributed by atoms with E-state index in [4.69, 9.17) is 0 Å². The van der Waals surface area contributed by atoms with Crippen molar-refractivity contribution in [1.29, 1.82) is 0 Å². The quantitative estimate of drug-likeness (QED) is 0.660. The SMILES string of the molecule is C[N-]Cc1[c-]cccc1.[Y]. The number of hydrogen-bond acceptors (Lipinski definition) is 0. The maximum absolute atomic E-state index is 3.97. The van der Waals surface area contributed by atoms with Crippen LogP contribution in [0.4, 0.5) is 0 Å². The van der Waals surface area contributed by atoms with Gasteiger partial charge in [0.05, 0.1) is 0 Å². The van der Waals surface area contributed by atoms with Crippen molar-refractivity contribution in [1.82, 2.24) is 0 Å². The van der Waals surface area contributed by atoms with Gasteiger partial charge < -0.3 is 5.32 Å². The van der Waals surface area contributed by atoms with Crippen molar-refractivity contribution in [3.63, 3.8) is 0 Å². The summed E-state index contributed by atoms with van der Waals surface area (Å²) in [6, 6.07) is 11.0. The normalized spacial score (nSPS) is 8.50. The zero-order valence-corrected chi connectivity index (χ0v) is 8.88. The Balaban J connectivity index is 0.000000810. The molecule has 1 radical (unpaired) electrons. The Morgan fingerprint density at radius 3 is 2.80 bits per heavy atom. The maximum atomic E-state index is 3.97. The first-order chi connectivity index (χ1) is 4.43. The van der Waals surface area contributed by atoms with Crippen LogP contribution in [0.15, 0.2) is 24.3 Å².